The Labute approximate surface area is 121 Å². The lowest BCUT2D eigenvalue weighted by Gasteiger charge is -2.30. The van der Waals surface area contributed by atoms with E-state index in [0.29, 0.717) is 12.1 Å². The third-order valence-electron chi connectivity index (χ3n) is 3.30. The molecule has 0 spiro atoms. The summed E-state index contributed by atoms with van der Waals surface area (Å²) in [7, 11) is 0. The first-order chi connectivity index (χ1) is 9.31. The van der Waals surface area contributed by atoms with Crippen LogP contribution in [0.2, 0.25) is 0 Å². The first-order valence-corrected chi connectivity index (χ1v) is 7.07. The molecule has 5 heteroatoms. The van der Waals surface area contributed by atoms with E-state index in [1.165, 1.54) is 0 Å². The van der Waals surface area contributed by atoms with E-state index in [0.717, 1.165) is 24.3 Å². The van der Waals surface area contributed by atoms with Crippen LogP contribution in [0.1, 0.15) is 33.3 Å². The van der Waals surface area contributed by atoms with Gasteiger partial charge in [-0.05, 0) is 46.2 Å². The molecule has 20 heavy (non-hydrogen) atoms. The van der Waals surface area contributed by atoms with Gasteiger partial charge in [-0.1, -0.05) is 0 Å². The van der Waals surface area contributed by atoms with Crippen LogP contribution in [0.4, 0.5) is 11.4 Å². The SMILES string of the molecule is Cc1cc(NCCN(C(C)C)C(C)C)cc([N+](=O)[O-])c1. The number of nitro benzene ring substituents is 1. The minimum atomic E-state index is -0.354. The van der Waals surface area contributed by atoms with Crippen molar-refractivity contribution in [3.8, 4) is 0 Å². The van der Waals surface area contributed by atoms with Gasteiger partial charge in [0.05, 0.1) is 4.92 Å². The van der Waals surface area contributed by atoms with Crippen LogP contribution >= 0.6 is 0 Å². The van der Waals surface area contributed by atoms with Gasteiger partial charge in [0.15, 0.2) is 0 Å². The maximum atomic E-state index is 10.8. The van der Waals surface area contributed by atoms with E-state index < -0.39 is 0 Å². The summed E-state index contributed by atoms with van der Waals surface area (Å²) in [5.74, 6) is 0. The summed E-state index contributed by atoms with van der Waals surface area (Å²) in [5.41, 5.74) is 1.84. The highest BCUT2D eigenvalue weighted by Gasteiger charge is 2.13. The van der Waals surface area contributed by atoms with Crippen LogP contribution in [-0.4, -0.2) is 35.0 Å². The number of hydrogen-bond acceptors (Lipinski definition) is 4. The van der Waals surface area contributed by atoms with E-state index in [4.69, 9.17) is 0 Å². The Morgan fingerprint density at radius 3 is 2.30 bits per heavy atom. The lowest BCUT2D eigenvalue weighted by Crippen LogP contribution is -2.40. The Morgan fingerprint density at radius 2 is 1.80 bits per heavy atom. The summed E-state index contributed by atoms with van der Waals surface area (Å²) >= 11 is 0. The van der Waals surface area contributed by atoms with Gasteiger partial charge in [0.1, 0.15) is 0 Å². The number of aryl methyl sites for hydroxylation is 1. The fourth-order valence-electron chi connectivity index (χ4n) is 2.41. The molecule has 0 aliphatic rings. The predicted molar refractivity (Wildman–Crippen MR) is 83.3 cm³/mol. The second-order valence-electron chi connectivity index (χ2n) is 5.67. The number of non-ortho nitro benzene ring substituents is 1. The normalized spacial score (nSPS) is 11.4. The second-order valence-corrected chi connectivity index (χ2v) is 5.67. The third-order valence-corrected chi connectivity index (χ3v) is 3.30. The van der Waals surface area contributed by atoms with Gasteiger partial charge in [-0.15, -0.1) is 0 Å². The first kappa shape index (κ1) is 16.4. The van der Waals surface area contributed by atoms with Crippen LogP contribution in [0.25, 0.3) is 0 Å². The van der Waals surface area contributed by atoms with Gasteiger partial charge in [-0.2, -0.15) is 0 Å². The highest BCUT2D eigenvalue weighted by Crippen LogP contribution is 2.20. The number of rotatable bonds is 7. The molecule has 0 amide bonds. The highest BCUT2D eigenvalue weighted by molar-refractivity contribution is 5.53. The van der Waals surface area contributed by atoms with Crippen molar-refractivity contribution in [3.05, 3.63) is 33.9 Å². The van der Waals surface area contributed by atoms with E-state index in [2.05, 4.69) is 37.9 Å². The molecule has 112 valence electrons. The average Bonchev–Trinajstić information content (AvgIpc) is 2.32. The predicted octanol–water partition coefficient (Wildman–Crippen LogP) is 3.43. The third kappa shape index (κ3) is 4.81. The molecule has 5 nitrogen and oxygen atoms in total. The van der Waals surface area contributed by atoms with Crippen LogP contribution in [0.15, 0.2) is 18.2 Å². The minimum Gasteiger partial charge on any atom is -0.384 e. The second kappa shape index (κ2) is 7.24. The van der Waals surface area contributed by atoms with Gasteiger partial charge >= 0.3 is 0 Å². The Bertz CT molecular complexity index is 450. The fourth-order valence-corrected chi connectivity index (χ4v) is 2.41. The van der Waals surface area contributed by atoms with Crippen molar-refractivity contribution in [2.24, 2.45) is 0 Å². The van der Waals surface area contributed by atoms with E-state index in [9.17, 15) is 10.1 Å². The molecule has 0 heterocycles. The van der Waals surface area contributed by atoms with Crippen molar-refractivity contribution < 1.29 is 4.92 Å². The van der Waals surface area contributed by atoms with Crippen LogP contribution in [0, 0.1) is 17.0 Å². The van der Waals surface area contributed by atoms with Gasteiger partial charge in [-0.25, -0.2) is 0 Å². The average molecular weight is 279 g/mol. The molecule has 0 saturated carbocycles. The molecule has 0 aliphatic heterocycles. The number of nitrogens with one attached hydrogen (secondary N) is 1. The van der Waals surface area contributed by atoms with Crippen LogP contribution in [0.5, 0.6) is 0 Å². The van der Waals surface area contributed by atoms with E-state index in [1.54, 1.807) is 12.1 Å². The van der Waals surface area contributed by atoms with E-state index in [1.807, 2.05) is 13.0 Å². The summed E-state index contributed by atoms with van der Waals surface area (Å²) in [5, 5.41) is 14.1. The lowest BCUT2D eigenvalue weighted by atomic mass is 10.2. The maximum absolute atomic E-state index is 10.8. The van der Waals surface area contributed by atoms with Gasteiger partial charge in [-0.3, -0.25) is 15.0 Å². The van der Waals surface area contributed by atoms with Crippen LogP contribution in [-0.2, 0) is 0 Å². The maximum Gasteiger partial charge on any atom is 0.271 e. The minimum absolute atomic E-state index is 0.136. The topological polar surface area (TPSA) is 58.4 Å². The van der Waals surface area contributed by atoms with E-state index >= 15 is 0 Å². The van der Waals surface area contributed by atoms with Gasteiger partial charge in [0.25, 0.3) is 5.69 Å². The summed E-state index contributed by atoms with van der Waals surface area (Å²) in [4.78, 5) is 12.9. The summed E-state index contributed by atoms with van der Waals surface area (Å²) < 4.78 is 0. The number of hydrogen-bond donors (Lipinski definition) is 1. The number of nitro groups is 1. The van der Waals surface area contributed by atoms with Crippen molar-refractivity contribution in [1.29, 1.82) is 0 Å². The molecule has 1 rings (SSSR count). The summed E-state index contributed by atoms with van der Waals surface area (Å²) in [6, 6.07) is 6.08. The molecule has 1 aromatic rings. The van der Waals surface area contributed by atoms with Gasteiger partial charge in [0, 0.05) is 43.0 Å². The van der Waals surface area contributed by atoms with E-state index in [-0.39, 0.29) is 10.6 Å². The molecule has 1 N–H and O–H groups in total. The molecule has 0 bridgehead atoms. The van der Waals surface area contributed by atoms with Crippen molar-refractivity contribution in [2.75, 3.05) is 18.4 Å². The summed E-state index contributed by atoms with van der Waals surface area (Å²) in [6.07, 6.45) is 0. The molecule has 1 aromatic carbocycles. The molecule has 0 fully saturated rings. The first-order valence-electron chi connectivity index (χ1n) is 7.07. The fraction of sp³-hybridized carbons (Fsp3) is 0.600. The van der Waals surface area contributed by atoms with Crippen molar-refractivity contribution in [2.45, 2.75) is 46.7 Å². The standard InChI is InChI=1S/C15H25N3O2/c1-11(2)17(12(3)4)7-6-16-14-8-13(5)9-15(10-14)18(19)20/h8-12,16H,6-7H2,1-5H3. The van der Waals surface area contributed by atoms with Crippen molar-refractivity contribution in [1.82, 2.24) is 4.90 Å². The molecule has 0 unspecified atom stereocenters. The number of benzene rings is 1. The lowest BCUT2D eigenvalue weighted by molar-refractivity contribution is -0.384. The number of nitrogens with zero attached hydrogens (tertiary/aromatic N) is 2. The zero-order valence-electron chi connectivity index (χ0n) is 13.0. The quantitative estimate of drug-likeness (QED) is 0.613. The molecule has 0 atom stereocenters. The molecular weight excluding hydrogens is 254 g/mol. The Hall–Kier alpha value is -1.62. The smallest absolute Gasteiger partial charge is 0.271 e. The van der Waals surface area contributed by atoms with Crippen LogP contribution < -0.4 is 5.32 Å². The van der Waals surface area contributed by atoms with Crippen molar-refractivity contribution >= 4 is 11.4 Å². The Morgan fingerprint density at radius 1 is 1.20 bits per heavy atom. The van der Waals surface area contributed by atoms with Gasteiger partial charge in [0.2, 0.25) is 0 Å². The number of anilines is 1. The largest absolute Gasteiger partial charge is 0.384 e. The van der Waals surface area contributed by atoms with Crippen LogP contribution in [0.3, 0.4) is 0 Å². The molecule has 0 saturated heterocycles. The summed E-state index contributed by atoms with van der Waals surface area (Å²) in [6.45, 7) is 12.3. The molecule has 0 aliphatic carbocycles. The van der Waals surface area contributed by atoms with Gasteiger partial charge < -0.3 is 5.32 Å². The highest BCUT2D eigenvalue weighted by atomic mass is 16.6. The van der Waals surface area contributed by atoms with Crippen molar-refractivity contribution in [3.63, 3.8) is 0 Å². The zero-order chi connectivity index (χ0) is 15.3. The zero-order valence-corrected chi connectivity index (χ0v) is 13.0. The molecule has 0 radical (unpaired) electrons. The Balaban J connectivity index is 2.64. The monoisotopic (exact) mass is 279 g/mol. The molecular formula is C15H25N3O2. The molecule has 0 aromatic heterocycles. The Kier molecular flexibility index (Phi) is 5.95.